The van der Waals surface area contributed by atoms with Crippen LogP contribution < -0.4 is 16.8 Å². The molecule has 1 atom stereocenters. The molecule has 1 aromatic carbocycles. The Morgan fingerprint density at radius 2 is 1.94 bits per heavy atom. The minimum absolute atomic E-state index is 0.311. The van der Waals surface area contributed by atoms with Crippen molar-refractivity contribution in [2.24, 2.45) is 11.7 Å². The summed E-state index contributed by atoms with van der Waals surface area (Å²) in [7, 11) is 0. The number of carbonyl (C=O) groups excluding carboxylic acids is 1. The van der Waals surface area contributed by atoms with E-state index in [0.29, 0.717) is 23.2 Å². The third-order valence-electron chi connectivity index (χ3n) is 3.51. The van der Waals surface area contributed by atoms with Crippen LogP contribution in [0.1, 0.15) is 44.0 Å². The van der Waals surface area contributed by atoms with Gasteiger partial charge in [-0.15, -0.1) is 0 Å². The van der Waals surface area contributed by atoms with E-state index < -0.39 is 5.91 Å². The first kappa shape index (κ1) is 14.4. The number of amides is 1. The van der Waals surface area contributed by atoms with Crippen molar-refractivity contribution in [1.29, 1.82) is 0 Å². The Bertz CT molecular complexity index is 414. The van der Waals surface area contributed by atoms with Crippen molar-refractivity contribution in [2.45, 2.75) is 39.7 Å². The smallest absolute Gasteiger partial charge is 0.250 e. The Balaban J connectivity index is 2.91. The molecule has 0 saturated heterocycles. The van der Waals surface area contributed by atoms with Gasteiger partial charge in [0.1, 0.15) is 0 Å². The molecule has 0 aliphatic heterocycles. The van der Waals surface area contributed by atoms with E-state index in [4.69, 9.17) is 11.5 Å². The lowest BCUT2D eigenvalue weighted by Crippen LogP contribution is -2.26. The largest absolute Gasteiger partial charge is 0.396 e. The molecular formula is C14H23N3O. The summed E-state index contributed by atoms with van der Waals surface area (Å²) in [6.45, 7) is 6.49. The van der Waals surface area contributed by atoms with Crippen LogP contribution in [0.2, 0.25) is 0 Å². The molecule has 0 heterocycles. The molecule has 0 aliphatic carbocycles. The van der Waals surface area contributed by atoms with Crippen molar-refractivity contribution < 1.29 is 4.79 Å². The molecule has 0 saturated carbocycles. The number of hydrogen-bond acceptors (Lipinski definition) is 3. The number of nitrogens with two attached hydrogens (primary N) is 2. The van der Waals surface area contributed by atoms with E-state index in [1.54, 1.807) is 12.1 Å². The van der Waals surface area contributed by atoms with Gasteiger partial charge in [0.05, 0.1) is 16.9 Å². The van der Waals surface area contributed by atoms with E-state index in [1.807, 2.05) is 6.07 Å². The number of rotatable bonds is 6. The summed E-state index contributed by atoms with van der Waals surface area (Å²) < 4.78 is 0. The van der Waals surface area contributed by atoms with Crippen LogP contribution in [0.3, 0.4) is 0 Å². The Morgan fingerprint density at radius 3 is 2.44 bits per heavy atom. The van der Waals surface area contributed by atoms with Gasteiger partial charge in [0.15, 0.2) is 0 Å². The van der Waals surface area contributed by atoms with Crippen molar-refractivity contribution >= 4 is 17.3 Å². The molecule has 1 unspecified atom stereocenters. The quantitative estimate of drug-likeness (QED) is 0.678. The van der Waals surface area contributed by atoms with Crippen LogP contribution in [0.4, 0.5) is 11.4 Å². The average molecular weight is 249 g/mol. The van der Waals surface area contributed by atoms with Gasteiger partial charge in [0.25, 0.3) is 5.91 Å². The summed E-state index contributed by atoms with van der Waals surface area (Å²) in [4.78, 5) is 11.2. The lowest BCUT2D eigenvalue weighted by molar-refractivity contribution is 0.100. The summed E-state index contributed by atoms with van der Waals surface area (Å²) in [6, 6.07) is 5.62. The second kappa shape index (κ2) is 6.28. The van der Waals surface area contributed by atoms with Crippen molar-refractivity contribution in [1.82, 2.24) is 0 Å². The maximum Gasteiger partial charge on any atom is 0.250 e. The summed E-state index contributed by atoms with van der Waals surface area (Å²) in [5.74, 6) is 0.0907. The second-order valence-electron chi connectivity index (χ2n) is 4.64. The Hall–Kier alpha value is -1.71. The van der Waals surface area contributed by atoms with Gasteiger partial charge in [-0.05, 0) is 25.0 Å². The summed E-state index contributed by atoms with van der Waals surface area (Å²) in [5.41, 5.74) is 12.8. The molecule has 18 heavy (non-hydrogen) atoms. The highest BCUT2D eigenvalue weighted by Gasteiger charge is 2.16. The number of primary amides is 1. The van der Waals surface area contributed by atoms with E-state index in [9.17, 15) is 4.79 Å². The standard InChI is InChI=1S/C14H23N3O/c1-4-10(5-2)9(3)17-12-8-6-7-11(13(12)15)14(16)18/h6-10,17H,4-5,15H2,1-3H3,(H2,16,18). The SMILES string of the molecule is CCC(CC)C(C)Nc1cccc(C(N)=O)c1N. The van der Waals surface area contributed by atoms with Crippen LogP contribution >= 0.6 is 0 Å². The highest BCUT2D eigenvalue weighted by molar-refractivity contribution is 6.00. The van der Waals surface area contributed by atoms with Gasteiger partial charge >= 0.3 is 0 Å². The molecule has 0 bridgehead atoms. The number of para-hydroxylation sites is 1. The zero-order valence-corrected chi connectivity index (χ0v) is 11.4. The second-order valence-corrected chi connectivity index (χ2v) is 4.64. The predicted octanol–water partition coefficient (Wildman–Crippen LogP) is 2.60. The normalized spacial score (nSPS) is 12.4. The van der Waals surface area contributed by atoms with E-state index in [1.165, 1.54) is 0 Å². The van der Waals surface area contributed by atoms with Crippen molar-refractivity contribution in [3.05, 3.63) is 23.8 Å². The first-order chi connectivity index (χ1) is 8.51. The third-order valence-corrected chi connectivity index (χ3v) is 3.51. The molecule has 4 nitrogen and oxygen atoms in total. The average Bonchev–Trinajstić information content (AvgIpc) is 2.33. The molecule has 1 amide bonds. The number of nitrogen functional groups attached to an aromatic ring is 1. The van der Waals surface area contributed by atoms with Gasteiger partial charge in [-0.25, -0.2) is 0 Å². The van der Waals surface area contributed by atoms with Crippen molar-refractivity contribution in [3.8, 4) is 0 Å². The minimum Gasteiger partial charge on any atom is -0.396 e. The number of hydrogen-bond donors (Lipinski definition) is 3. The molecule has 0 aromatic heterocycles. The number of benzene rings is 1. The highest BCUT2D eigenvalue weighted by Crippen LogP contribution is 2.25. The molecule has 0 fully saturated rings. The Morgan fingerprint density at radius 1 is 1.33 bits per heavy atom. The molecular weight excluding hydrogens is 226 g/mol. The lowest BCUT2D eigenvalue weighted by Gasteiger charge is -2.24. The van der Waals surface area contributed by atoms with Crippen LogP contribution in [-0.2, 0) is 0 Å². The topological polar surface area (TPSA) is 81.1 Å². The van der Waals surface area contributed by atoms with Gasteiger partial charge in [0.2, 0.25) is 0 Å². The third kappa shape index (κ3) is 3.15. The van der Waals surface area contributed by atoms with Crippen molar-refractivity contribution in [3.63, 3.8) is 0 Å². The zero-order valence-electron chi connectivity index (χ0n) is 11.4. The van der Waals surface area contributed by atoms with E-state index in [2.05, 4.69) is 26.1 Å². The lowest BCUT2D eigenvalue weighted by atomic mass is 9.95. The highest BCUT2D eigenvalue weighted by atomic mass is 16.1. The van der Waals surface area contributed by atoms with Gasteiger partial charge in [0, 0.05) is 6.04 Å². The molecule has 1 rings (SSSR count). The van der Waals surface area contributed by atoms with Crippen LogP contribution in [0.15, 0.2) is 18.2 Å². The van der Waals surface area contributed by atoms with Gasteiger partial charge in [-0.3, -0.25) is 4.79 Å². The summed E-state index contributed by atoms with van der Waals surface area (Å²) in [5, 5.41) is 3.37. The van der Waals surface area contributed by atoms with E-state index in [-0.39, 0.29) is 0 Å². The monoisotopic (exact) mass is 249 g/mol. The van der Waals surface area contributed by atoms with Crippen LogP contribution in [-0.4, -0.2) is 11.9 Å². The number of anilines is 2. The zero-order chi connectivity index (χ0) is 13.7. The van der Waals surface area contributed by atoms with Gasteiger partial charge in [-0.2, -0.15) is 0 Å². The molecule has 100 valence electrons. The number of carbonyl (C=O) groups is 1. The van der Waals surface area contributed by atoms with Crippen LogP contribution in [0, 0.1) is 5.92 Å². The first-order valence-corrected chi connectivity index (χ1v) is 6.46. The van der Waals surface area contributed by atoms with Gasteiger partial charge < -0.3 is 16.8 Å². The van der Waals surface area contributed by atoms with Crippen molar-refractivity contribution in [2.75, 3.05) is 11.1 Å². The minimum atomic E-state index is -0.494. The molecule has 4 heteroatoms. The molecule has 5 N–H and O–H groups in total. The molecule has 0 radical (unpaired) electrons. The van der Waals surface area contributed by atoms with Crippen LogP contribution in [0.5, 0.6) is 0 Å². The fraction of sp³-hybridized carbons (Fsp3) is 0.500. The Kier molecular flexibility index (Phi) is 5.01. The summed E-state index contributed by atoms with van der Waals surface area (Å²) >= 11 is 0. The number of nitrogens with one attached hydrogen (secondary N) is 1. The fourth-order valence-electron chi connectivity index (χ4n) is 2.26. The fourth-order valence-corrected chi connectivity index (χ4v) is 2.26. The van der Waals surface area contributed by atoms with Gasteiger partial charge in [-0.1, -0.05) is 32.8 Å². The predicted molar refractivity (Wildman–Crippen MR) is 76.5 cm³/mol. The van der Waals surface area contributed by atoms with Crippen LogP contribution in [0.25, 0.3) is 0 Å². The molecule has 0 spiro atoms. The molecule has 0 aliphatic rings. The maximum absolute atomic E-state index is 11.2. The summed E-state index contributed by atoms with van der Waals surface area (Å²) in [6.07, 6.45) is 2.22. The van der Waals surface area contributed by atoms with E-state index >= 15 is 0 Å². The molecule has 1 aromatic rings. The maximum atomic E-state index is 11.2. The first-order valence-electron chi connectivity index (χ1n) is 6.46. The Labute approximate surface area is 109 Å². The van der Waals surface area contributed by atoms with E-state index in [0.717, 1.165) is 18.5 Å².